The minimum absolute atomic E-state index is 0.0779. The van der Waals surface area contributed by atoms with Crippen LogP contribution >= 0.6 is 0 Å². The summed E-state index contributed by atoms with van der Waals surface area (Å²) >= 11 is 0. The number of alkyl halides is 3. The molecule has 1 aliphatic heterocycles. The maximum Gasteiger partial charge on any atom is 0.573 e. The van der Waals surface area contributed by atoms with Crippen molar-refractivity contribution in [2.24, 2.45) is 11.8 Å². The van der Waals surface area contributed by atoms with Crippen molar-refractivity contribution in [3.05, 3.63) is 29.8 Å². The Morgan fingerprint density at radius 1 is 1.33 bits per heavy atom. The molecular formula is C17H21F3N2O2. The fourth-order valence-electron chi connectivity index (χ4n) is 3.31. The van der Waals surface area contributed by atoms with E-state index in [0.29, 0.717) is 17.9 Å². The summed E-state index contributed by atoms with van der Waals surface area (Å²) in [6.07, 6.45) is -3.17. The largest absolute Gasteiger partial charge is 0.573 e. The predicted molar refractivity (Wildman–Crippen MR) is 82.6 cm³/mol. The molecule has 0 radical (unpaired) electrons. The molecule has 0 spiro atoms. The van der Waals surface area contributed by atoms with Crippen LogP contribution in [0.15, 0.2) is 24.3 Å². The van der Waals surface area contributed by atoms with E-state index in [1.54, 1.807) is 12.1 Å². The molecule has 1 aliphatic carbocycles. The lowest BCUT2D eigenvalue weighted by Crippen LogP contribution is -2.50. The summed E-state index contributed by atoms with van der Waals surface area (Å²) in [5.74, 6) is -0.388. The molecule has 4 unspecified atom stereocenters. The number of carbonyl (C=O) groups excluding carboxylic acids is 1. The number of carbonyl (C=O) groups is 1. The fraction of sp³-hybridized carbons (Fsp3) is 0.588. The molecule has 3 rings (SSSR count). The van der Waals surface area contributed by atoms with Crippen LogP contribution in [0.25, 0.3) is 0 Å². The van der Waals surface area contributed by atoms with Gasteiger partial charge in [-0.15, -0.1) is 13.2 Å². The monoisotopic (exact) mass is 342 g/mol. The maximum atomic E-state index is 12.5. The van der Waals surface area contributed by atoms with Crippen LogP contribution in [0.1, 0.15) is 31.2 Å². The van der Waals surface area contributed by atoms with Crippen LogP contribution in [0.4, 0.5) is 13.2 Å². The minimum atomic E-state index is -4.73. The molecule has 4 atom stereocenters. The van der Waals surface area contributed by atoms with Gasteiger partial charge in [0.25, 0.3) is 0 Å². The van der Waals surface area contributed by atoms with Gasteiger partial charge in [-0.1, -0.05) is 25.1 Å². The SMILES string of the molecule is CC1CCNCC1NC(=O)C1CC1c1ccccc1OC(F)(F)F. The Labute approximate surface area is 138 Å². The van der Waals surface area contributed by atoms with Gasteiger partial charge in [-0.2, -0.15) is 0 Å². The Morgan fingerprint density at radius 3 is 2.79 bits per heavy atom. The zero-order valence-electron chi connectivity index (χ0n) is 13.4. The van der Waals surface area contributed by atoms with Gasteiger partial charge < -0.3 is 15.4 Å². The minimum Gasteiger partial charge on any atom is -0.405 e. The van der Waals surface area contributed by atoms with Crippen LogP contribution in [-0.4, -0.2) is 31.4 Å². The van der Waals surface area contributed by atoms with E-state index >= 15 is 0 Å². The van der Waals surface area contributed by atoms with E-state index in [1.165, 1.54) is 12.1 Å². The molecule has 0 bridgehead atoms. The van der Waals surface area contributed by atoms with Crippen LogP contribution in [0, 0.1) is 11.8 Å². The summed E-state index contributed by atoms with van der Waals surface area (Å²) in [7, 11) is 0. The molecule has 2 N–H and O–H groups in total. The zero-order valence-corrected chi connectivity index (χ0v) is 13.4. The first-order valence-corrected chi connectivity index (χ1v) is 8.21. The Kier molecular flexibility index (Phi) is 4.71. The average Bonchev–Trinajstić information content (AvgIpc) is 3.29. The van der Waals surface area contributed by atoms with Crippen molar-refractivity contribution in [3.8, 4) is 5.75 Å². The van der Waals surface area contributed by atoms with Gasteiger partial charge in [-0.3, -0.25) is 4.79 Å². The first-order chi connectivity index (χ1) is 11.3. The number of amides is 1. The van der Waals surface area contributed by atoms with Crippen LogP contribution in [0.2, 0.25) is 0 Å². The lowest BCUT2D eigenvalue weighted by Gasteiger charge is -2.30. The first kappa shape index (κ1) is 17.1. The lowest BCUT2D eigenvalue weighted by molar-refractivity contribution is -0.274. The van der Waals surface area contributed by atoms with Gasteiger partial charge in [0.15, 0.2) is 0 Å². The van der Waals surface area contributed by atoms with Crippen molar-refractivity contribution in [1.29, 1.82) is 0 Å². The second-order valence-electron chi connectivity index (χ2n) is 6.62. The Bertz CT molecular complexity index is 606. The molecule has 4 nitrogen and oxygen atoms in total. The molecule has 24 heavy (non-hydrogen) atoms. The number of nitrogens with one attached hydrogen (secondary N) is 2. The molecule has 1 saturated carbocycles. The molecule has 1 saturated heterocycles. The van der Waals surface area contributed by atoms with Crippen molar-refractivity contribution in [2.75, 3.05) is 13.1 Å². The van der Waals surface area contributed by atoms with Crippen molar-refractivity contribution >= 4 is 5.91 Å². The number of ether oxygens (including phenoxy) is 1. The van der Waals surface area contributed by atoms with Gasteiger partial charge in [-0.25, -0.2) is 0 Å². The normalized spacial score (nSPS) is 29.8. The van der Waals surface area contributed by atoms with Gasteiger partial charge in [-0.05, 0) is 42.9 Å². The highest BCUT2D eigenvalue weighted by Crippen LogP contribution is 2.51. The van der Waals surface area contributed by atoms with E-state index in [-0.39, 0.29) is 29.5 Å². The van der Waals surface area contributed by atoms with E-state index in [1.807, 2.05) is 0 Å². The first-order valence-electron chi connectivity index (χ1n) is 8.21. The van der Waals surface area contributed by atoms with Crippen LogP contribution in [0.3, 0.4) is 0 Å². The third kappa shape index (κ3) is 4.01. The van der Waals surface area contributed by atoms with Crippen molar-refractivity contribution < 1.29 is 22.7 Å². The number of para-hydroxylation sites is 1. The van der Waals surface area contributed by atoms with Gasteiger partial charge in [0.2, 0.25) is 5.91 Å². The summed E-state index contributed by atoms with van der Waals surface area (Å²) in [4.78, 5) is 12.4. The van der Waals surface area contributed by atoms with Gasteiger partial charge in [0.05, 0.1) is 0 Å². The van der Waals surface area contributed by atoms with E-state index in [2.05, 4.69) is 22.3 Å². The Hall–Kier alpha value is -1.76. The second kappa shape index (κ2) is 6.63. The summed E-state index contributed by atoms with van der Waals surface area (Å²) < 4.78 is 41.6. The van der Waals surface area contributed by atoms with Crippen LogP contribution in [-0.2, 0) is 4.79 Å². The number of benzene rings is 1. The predicted octanol–water partition coefficient (Wildman–Crippen LogP) is 2.80. The third-order valence-corrected chi connectivity index (χ3v) is 4.83. The summed E-state index contributed by atoms with van der Waals surface area (Å²) in [6.45, 7) is 3.78. The quantitative estimate of drug-likeness (QED) is 0.885. The number of halogens is 3. The Morgan fingerprint density at radius 2 is 2.08 bits per heavy atom. The standard InChI is InChI=1S/C17H21F3N2O2/c1-10-6-7-21-9-14(10)22-16(23)13-8-12(13)11-4-2-3-5-15(11)24-17(18,19)20/h2-5,10,12-14,21H,6-9H2,1H3,(H,22,23). The maximum absolute atomic E-state index is 12.5. The molecular weight excluding hydrogens is 321 g/mol. The highest BCUT2D eigenvalue weighted by atomic mass is 19.4. The van der Waals surface area contributed by atoms with E-state index < -0.39 is 6.36 Å². The Balaban J connectivity index is 1.63. The van der Waals surface area contributed by atoms with Gasteiger partial charge in [0.1, 0.15) is 5.75 Å². The van der Waals surface area contributed by atoms with E-state index in [0.717, 1.165) is 19.5 Å². The van der Waals surface area contributed by atoms with Crippen molar-refractivity contribution in [3.63, 3.8) is 0 Å². The zero-order chi connectivity index (χ0) is 17.3. The highest BCUT2D eigenvalue weighted by molar-refractivity contribution is 5.83. The van der Waals surface area contributed by atoms with Crippen LogP contribution in [0.5, 0.6) is 5.75 Å². The number of piperidine rings is 1. The molecule has 1 heterocycles. The molecule has 132 valence electrons. The number of hydrogen-bond acceptors (Lipinski definition) is 3. The summed E-state index contributed by atoms with van der Waals surface area (Å²) in [6, 6.07) is 6.14. The lowest BCUT2D eigenvalue weighted by atomic mass is 9.94. The van der Waals surface area contributed by atoms with Gasteiger partial charge >= 0.3 is 6.36 Å². The van der Waals surface area contributed by atoms with Crippen LogP contribution < -0.4 is 15.4 Å². The molecule has 2 aliphatic rings. The average molecular weight is 342 g/mol. The molecule has 1 aromatic rings. The van der Waals surface area contributed by atoms with E-state index in [9.17, 15) is 18.0 Å². The van der Waals surface area contributed by atoms with Crippen molar-refractivity contribution in [1.82, 2.24) is 10.6 Å². The second-order valence-corrected chi connectivity index (χ2v) is 6.62. The van der Waals surface area contributed by atoms with Gasteiger partial charge in [0, 0.05) is 18.5 Å². The topological polar surface area (TPSA) is 50.4 Å². The molecule has 2 fully saturated rings. The molecule has 0 aromatic heterocycles. The number of rotatable bonds is 4. The third-order valence-electron chi connectivity index (χ3n) is 4.83. The molecule has 1 amide bonds. The highest BCUT2D eigenvalue weighted by Gasteiger charge is 2.47. The molecule has 7 heteroatoms. The van der Waals surface area contributed by atoms with E-state index in [4.69, 9.17) is 0 Å². The summed E-state index contributed by atoms with van der Waals surface area (Å²) in [5, 5.41) is 6.28. The smallest absolute Gasteiger partial charge is 0.405 e. The summed E-state index contributed by atoms with van der Waals surface area (Å²) in [5.41, 5.74) is 0.449. The fourth-order valence-corrected chi connectivity index (χ4v) is 3.31. The molecule has 1 aromatic carbocycles. The van der Waals surface area contributed by atoms with Crippen molar-refractivity contribution in [2.45, 2.75) is 38.1 Å². The number of hydrogen-bond donors (Lipinski definition) is 2.